The second kappa shape index (κ2) is 5.97. The second-order valence-corrected chi connectivity index (χ2v) is 6.00. The molecule has 1 N–H and O–H groups in total. The lowest BCUT2D eigenvalue weighted by atomic mass is 10.2. The van der Waals surface area contributed by atoms with Crippen molar-refractivity contribution in [2.24, 2.45) is 0 Å². The molecule has 1 saturated heterocycles. The lowest BCUT2D eigenvalue weighted by Gasteiger charge is -2.37. The standard InChI is InChI=1S/C15H21N3O2S/c1-11(2)16-15(21)18-7-5-17(6-8-18)12-3-4-13-14(9-12)20-10-19-13/h3-4,9,11H,5-8,10H2,1-2H3,(H,16,21). The van der Waals surface area contributed by atoms with Crippen LogP contribution in [0, 0.1) is 0 Å². The van der Waals surface area contributed by atoms with Gasteiger partial charge in [-0.2, -0.15) is 0 Å². The molecule has 5 nitrogen and oxygen atoms in total. The number of piperazine rings is 1. The molecule has 21 heavy (non-hydrogen) atoms. The molecule has 0 bridgehead atoms. The topological polar surface area (TPSA) is 37.0 Å². The molecule has 0 saturated carbocycles. The summed E-state index contributed by atoms with van der Waals surface area (Å²) in [4.78, 5) is 4.59. The summed E-state index contributed by atoms with van der Waals surface area (Å²) in [5.74, 6) is 1.67. The first-order valence-electron chi connectivity index (χ1n) is 7.33. The third-order valence-corrected chi connectivity index (χ3v) is 4.08. The predicted octanol–water partition coefficient (Wildman–Crippen LogP) is 1.82. The highest BCUT2D eigenvalue weighted by atomic mass is 32.1. The van der Waals surface area contributed by atoms with E-state index in [1.165, 1.54) is 5.69 Å². The third-order valence-electron chi connectivity index (χ3n) is 3.70. The van der Waals surface area contributed by atoms with Crippen LogP contribution in [-0.4, -0.2) is 49.0 Å². The Morgan fingerprint density at radius 3 is 2.57 bits per heavy atom. The molecule has 1 aromatic rings. The number of anilines is 1. The van der Waals surface area contributed by atoms with Gasteiger partial charge < -0.3 is 24.6 Å². The van der Waals surface area contributed by atoms with Gasteiger partial charge in [0.1, 0.15) is 0 Å². The fourth-order valence-electron chi connectivity index (χ4n) is 2.59. The molecular weight excluding hydrogens is 286 g/mol. The van der Waals surface area contributed by atoms with Gasteiger partial charge in [0.05, 0.1) is 0 Å². The van der Waals surface area contributed by atoms with Gasteiger partial charge in [-0.1, -0.05) is 0 Å². The normalized spacial score (nSPS) is 17.3. The van der Waals surface area contributed by atoms with E-state index < -0.39 is 0 Å². The van der Waals surface area contributed by atoms with E-state index in [1.807, 2.05) is 6.07 Å². The predicted molar refractivity (Wildman–Crippen MR) is 87.2 cm³/mol. The van der Waals surface area contributed by atoms with E-state index >= 15 is 0 Å². The van der Waals surface area contributed by atoms with Gasteiger partial charge >= 0.3 is 0 Å². The number of ether oxygens (including phenoxy) is 2. The molecule has 2 aliphatic heterocycles. The monoisotopic (exact) mass is 307 g/mol. The summed E-state index contributed by atoms with van der Waals surface area (Å²) in [6, 6.07) is 6.51. The van der Waals surface area contributed by atoms with Gasteiger partial charge in [-0.05, 0) is 38.2 Å². The highest BCUT2D eigenvalue weighted by Gasteiger charge is 2.21. The number of nitrogens with zero attached hydrogens (tertiary/aromatic N) is 2. The maximum atomic E-state index is 5.44. The van der Waals surface area contributed by atoms with Crippen molar-refractivity contribution in [3.05, 3.63) is 18.2 Å². The minimum atomic E-state index is 0.321. The molecule has 0 radical (unpaired) electrons. The van der Waals surface area contributed by atoms with Crippen LogP contribution in [0.5, 0.6) is 11.5 Å². The van der Waals surface area contributed by atoms with Gasteiger partial charge in [0.15, 0.2) is 16.6 Å². The van der Waals surface area contributed by atoms with Crippen LogP contribution in [0.25, 0.3) is 0 Å². The molecular formula is C15H21N3O2S. The Hall–Kier alpha value is -1.69. The van der Waals surface area contributed by atoms with Crippen LogP contribution in [0.1, 0.15) is 13.8 Å². The fraction of sp³-hybridized carbons (Fsp3) is 0.533. The van der Waals surface area contributed by atoms with Gasteiger partial charge in [0.2, 0.25) is 6.79 Å². The zero-order chi connectivity index (χ0) is 14.8. The van der Waals surface area contributed by atoms with Crippen molar-refractivity contribution in [3.63, 3.8) is 0 Å². The maximum absolute atomic E-state index is 5.44. The molecule has 0 aromatic heterocycles. The molecule has 1 aromatic carbocycles. The van der Waals surface area contributed by atoms with Crippen LogP contribution in [0.3, 0.4) is 0 Å². The number of thiocarbonyl (C=S) groups is 1. The number of nitrogens with one attached hydrogen (secondary N) is 1. The first-order chi connectivity index (χ1) is 10.1. The Bertz CT molecular complexity index is 528. The summed E-state index contributed by atoms with van der Waals surface area (Å²) in [5.41, 5.74) is 1.18. The van der Waals surface area contributed by atoms with E-state index in [0.29, 0.717) is 12.8 Å². The molecule has 6 heteroatoms. The molecule has 0 atom stereocenters. The Balaban J connectivity index is 1.59. The summed E-state index contributed by atoms with van der Waals surface area (Å²) in [7, 11) is 0. The maximum Gasteiger partial charge on any atom is 0.231 e. The number of fused-ring (bicyclic) bond motifs is 1. The highest BCUT2D eigenvalue weighted by Crippen LogP contribution is 2.35. The van der Waals surface area contributed by atoms with Crippen LogP contribution >= 0.6 is 12.2 Å². The van der Waals surface area contributed by atoms with Crippen LogP contribution < -0.4 is 19.7 Å². The van der Waals surface area contributed by atoms with Crippen molar-refractivity contribution < 1.29 is 9.47 Å². The van der Waals surface area contributed by atoms with Gasteiger partial charge in [-0.25, -0.2) is 0 Å². The van der Waals surface area contributed by atoms with Crippen LogP contribution in [0.2, 0.25) is 0 Å². The summed E-state index contributed by atoms with van der Waals surface area (Å²) < 4.78 is 10.8. The van der Waals surface area contributed by atoms with Crippen LogP contribution in [0.4, 0.5) is 5.69 Å². The van der Waals surface area contributed by atoms with Crippen LogP contribution in [0.15, 0.2) is 18.2 Å². The number of hydrogen-bond acceptors (Lipinski definition) is 4. The first kappa shape index (κ1) is 14.3. The van der Waals surface area contributed by atoms with Crippen molar-refractivity contribution in [2.45, 2.75) is 19.9 Å². The lowest BCUT2D eigenvalue weighted by molar-refractivity contribution is 0.174. The molecule has 0 unspecified atom stereocenters. The number of benzene rings is 1. The Labute approximate surface area is 130 Å². The summed E-state index contributed by atoms with van der Waals surface area (Å²) >= 11 is 5.43. The summed E-state index contributed by atoms with van der Waals surface area (Å²) in [5, 5.41) is 4.16. The Morgan fingerprint density at radius 1 is 1.14 bits per heavy atom. The van der Waals surface area contributed by atoms with E-state index in [0.717, 1.165) is 42.8 Å². The molecule has 2 heterocycles. The molecule has 0 aliphatic carbocycles. The average molecular weight is 307 g/mol. The van der Waals surface area contributed by atoms with Crippen molar-refractivity contribution in [1.29, 1.82) is 0 Å². The SMILES string of the molecule is CC(C)NC(=S)N1CCN(c2ccc3c(c2)OCO3)CC1. The van der Waals surface area contributed by atoms with Crippen molar-refractivity contribution in [2.75, 3.05) is 37.9 Å². The van der Waals surface area contributed by atoms with Crippen LogP contribution in [-0.2, 0) is 0 Å². The summed E-state index contributed by atoms with van der Waals surface area (Å²) in [6.07, 6.45) is 0. The molecule has 0 spiro atoms. The third kappa shape index (κ3) is 3.15. The zero-order valence-electron chi connectivity index (χ0n) is 12.5. The number of rotatable bonds is 2. The minimum Gasteiger partial charge on any atom is -0.454 e. The van der Waals surface area contributed by atoms with E-state index in [1.54, 1.807) is 0 Å². The van der Waals surface area contributed by atoms with Crippen molar-refractivity contribution in [3.8, 4) is 11.5 Å². The average Bonchev–Trinajstić information content (AvgIpc) is 2.94. The van der Waals surface area contributed by atoms with Gasteiger partial charge in [0.25, 0.3) is 0 Å². The van der Waals surface area contributed by atoms with E-state index in [-0.39, 0.29) is 0 Å². The van der Waals surface area contributed by atoms with Gasteiger partial charge in [0, 0.05) is 44.0 Å². The van der Waals surface area contributed by atoms with E-state index in [9.17, 15) is 0 Å². The second-order valence-electron chi connectivity index (χ2n) is 5.62. The molecule has 2 aliphatic rings. The Kier molecular flexibility index (Phi) is 4.05. The van der Waals surface area contributed by atoms with E-state index in [2.05, 4.69) is 41.1 Å². The van der Waals surface area contributed by atoms with Crippen molar-refractivity contribution >= 4 is 23.0 Å². The Morgan fingerprint density at radius 2 is 1.86 bits per heavy atom. The summed E-state index contributed by atoms with van der Waals surface area (Å²) in [6.45, 7) is 8.32. The molecule has 0 amide bonds. The molecule has 114 valence electrons. The largest absolute Gasteiger partial charge is 0.454 e. The quantitative estimate of drug-likeness (QED) is 0.840. The van der Waals surface area contributed by atoms with Gasteiger partial charge in [-0.15, -0.1) is 0 Å². The van der Waals surface area contributed by atoms with Crippen molar-refractivity contribution in [1.82, 2.24) is 10.2 Å². The smallest absolute Gasteiger partial charge is 0.231 e. The minimum absolute atomic E-state index is 0.321. The molecule has 3 rings (SSSR count). The lowest BCUT2D eigenvalue weighted by Crippen LogP contribution is -2.52. The number of hydrogen-bond donors (Lipinski definition) is 1. The molecule has 1 fully saturated rings. The highest BCUT2D eigenvalue weighted by molar-refractivity contribution is 7.80. The van der Waals surface area contributed by atoms with E-state index in [4.69, 9.17) is 21.7 Å². The fourth-order valence-corrected chi connectivity index (χ4v) is 3.01. The first-order valence-corrected chi connectivity index (χ1v) is 7.74. The zero-order valence-corrected chi connectivity index (χ0v) is 13.3. The van der Waals surface area contributed by atoms with Gasteiger partial charge in [-0.3, -0.25) is 0 Å².